The van der Waals surface area contributed by atoms with E-state index in [0.717, 1.165) is 36.6 Å². The largest absolute Gasteiger partial charge is 0.508 e. The normalized spacial score (nSPS) is 36.3. The van der Waals surface area contributed by atoms with Gasteiger partial charge in [-0.15, -0.1) is 0 Å². The van der Waals surface area contributed by atoms with Crippen molar-refractivity contribution < 1.29 is 15.0 Å². The van der Waals surface area contributed by atoms with Crippen molar-refractivity contribution >= 4 is 5.78 Å². The maximum Gasteiger partial charge on any atom is 0.134 e. The number of phenols is 1. The first kappa shape index (κ1) is 17.0. The quantitative estimate of drug-likeness (QED) is 0.886. The molecule has 4 nitrogen and oxygen atoms in total. The summed E-state index contributed by atoms with van der Waals surface area (Å²) in [6.07, 6.45) is 4.74. The number of aryl methyl sites for hydroxylation is 1. The van der Waals surface area contributed by atoms with Gasteiger partial charge in [-0.25, -0.2) is 0 Å². The second-order valence-electron chi connectivity index (χ2n) is 8.59. The number of nitrogens with zero attached hydrogens (tertiary/aromatic N) is 1. The zero-order chi connectivity index (χ0) is 17.8. The molecule has 136 valence electrons. The fraction of sp³-hybridized carbons (Fsp3) is 0.667. The number of carbonyl (C=O) groups is 1. The highest BCUT2D eigenvalue weighted by Gasteiger charge is 2.61. The van der Waals surface area contributed by atoms with E-state index in [1.54, 1.807) is 12.1 Å². The molecule has 25 heavy (non-hydrogen) atoms. The standard InChI is InChI=1S/C21H29NO3/c1-14-3-6-17(23)11-19(14)20-9-10-22(13-16-4-5-16)15(2)21(20,25)8-7-18(24)12-20/h3,6,11,15-16,23,25H,4-5,7-10,12-13H2,1-2H3/t15?,20-,21?/m1/s1. The minimum absolute atomic E-state index is 0.0247. The highest BCUT2D eigenvalue weighted by molar-refractivity contribution is 5.82. The number of ketones is 1. The Hall–Kier alpha value is -1.39. The third-order valence-corrected chi connectivity index (χ3v) is 7.10. The van der Waals surface area contributed by atoms with Crippen LogP contribution in [0.3, 0.4) is 0 Å². The van der Waals surface area contributed by atoms with Gasteiger partial charge in [0.15, 0.2) is 0 Å². The molecule has 2 aliphatic carbocycles. The summed E-state index contributed by atoms with van der Waals surface area (Å²) < 4.78 is 0. The molecular weight excluding hydrogens is 314 g/mol. The Labute approximate surface area is 149 Å². The van der Waals surface area contributed by atoms with E-state index in [1.807, 2.05) is 13.0 Å². The van der Waals surface area contributed by atoms with Crippen LogP contribution >= 0.6 is 0 Å². The number of likely N-dealkylation sites (tertiary alicyclic amines) is 1. The first-order valence-electron chi connectivity index (χ1n) is 9.64. The number of rotatable bonds is 3. The van der Waals surface area contributed by atoms with Gasteiger partial charge in [-0.2, -0.15) is 0 Å². The van der Waals surface area contributed by atoms with Gasteiger partial charge in [0.1, 0.15) is 11.5 Å². The lowest BCUT2D eigenvalue weighted by Crippen LogP contribution is -2.70. The summed E-state index contributed by atoms with van der Waals surface area (Å²) in [7, 11) is 0. The van der Waals surface area contributed by atoms with Crippen LogP contribution in [0, 0.1) is 12.8 Å². The fourth-order valence-electron chi connectivity index (χ4n) is 5.36. The van der Waals surface area contributed by atoms with Crippen molar-refractivity contribution in [3.8, 4) is 5.75 Å². The van der Waals surface area contributed by atoms with Crippen molar-refractivity contribution in [3.05, 3.63) is 29.3 Å². The van der Waals surface area contributed by atoms with Gasteiger partial charge in [-0.05, 0) is 75.3 Å². The number of Topliss-reactive ketones (excluding diaryl/α,β-unsaturated/α-hetero) is 1. The first-order valence-corrected chi connectivity index (χ1v) is 9.64. The van der Waals surface area contributed by atoms with Gasteiger partial charge in [0.25, 0.3) is 0 Å². The Morgan fingerprint density at radius 1 is 1.28 bits per heavy atom. The van der Waals surface area contributed by atoms with Gasteiger partial charge in [0.2, 0.25) is 0 Å². The van der Waals surface area contributed by atoms with Gasteiger partial charge < -0.3 is 10.2 Å². The molecule has 3 aliphatic rings. The zero-order valence-electron chi connectivity index (χ0n) is 15.3. The highest BCUT2D eigenvalue weighted by Crippen LogP contribution is 2.54. The molecule has 3 atom stereocenters. The number of carbonyl (C=O) groups excluding carboxylic acids is 1. The minimum atomic E-state index is -0.924. The Morgan fingerprint density at radius 3 is 2.76 bits per heavy atom. The molecular formula is C21H29NO3. The molecule has 2 N–H and O–H groups in total. The van der Waals surface area contributed by atoms with Crippen molar-refractivity contribution in [3.63, 3.8) is 0 Å². The highest BCUT2D eigenvalue weighted by atomic mass is 16.3. The summed E-state index contributed by atoms with van der Waals surface area (Å²) >= 11 is 0. The molecule has 1 aromatic rings. The molecule has 4 rings (SSSR count). The predicted molar refractivity (Wildman–Crippen MR) is 96.7 cm³/mol. The number of hydrogen-bond acceptors (Lipinski definition) is 4. The van der Waals surface area contributed by atoms with E-state index < -0.39 is 11.0 Å². The van der Waals surface area contributed by atoms with Crippen LogP contribution < -0.4 is 0 Å². The average Bonchev–Trinajstić information content (AvgIpc) is 3.39. The molecule has 1 heterocycles. The van der Waals surface area contributed by atoms with Crippen LogP contribution in [0.4, 0.5) is 0 Å². The fourth-order valence-corrected chi connectivity index (χ4v) is 5.36. The van der Waals surface area contributed by atoms with Crippen LogP contribution in [0.5, 0.6) is 5.75 Å². The Bertz CT molecular complexity index is 698. The summed E-state index contributed by atoms with van der Waals surface area (Å²) in [5.41, 5.74) is 0.506. The zero-order valence-corrected chi connectivity index (χ0v) is 15.3. The molecule has 2 unspecified atom stereocenters. The number of aliphatic hydroxyl groups is 1. The van der Waals surface area contributed by atoms with Gasteiger partial charge >= 0.3 is 0 Å². The topological polar surface area (TPSA) is 60.8 Å². The van der Waals surface area contributed by atoms with E-state index >= 15 is 0 Å². The molecule has 0 amide bonds. The lowest BCUT2D eigenvalue weighted by molar-refractivity contribution is -0.164. The van der Waals surface area contributed by atoms with E-state index in [0.29, 0.717) is 19.3 Å². The van der Waals surface area contributed by atoms with Crippen molar-refractivity contribution in [2.45, 2.75) is 69.4 Å². The number of fused-ring (bicyclic) bond motifs is 1. The molecule has 1 saturated heterocycles. The van der Waals surface area contributed by atoms with Crippen LogP contribution in [0.15, 0.2) is 18.2 Å². The van der Waals surface area contributed by atoms with Crippen molar-refractivity contribution in [1.29, 1.82) is 0 Å². The number of phenolic OH excluding ortho intramolecular Hbond substituents is 1. The smallest absolute Gasteiger partial charge is 0.134 e. The lowest BCUT2D eigenvalue weighted by Gasteiger charge is -2.60. The van der Waals surface area contributed by atoms with E-state index in [1.165, 1.54) is 12.8 Å². The number of hydrogen-bond donors (Lipinski definition) is 2. The van der Waals surface area contributed by atoms with E-state index in [9.17, 15) is 15.0 Å². The Kier molecular flexibility index (Phi) is 3.97. The van der Waals surface area contributed by atoms with Gasteiger partial charge in [0.05, 0.1) is 5.60 Å². The molecule has 1 aromatic carbocycles. The molecule has 0 aromatic heterocycles. The van der Waals surface area contributed by atoms with Crippen molar-refractivity contribution in [2.75, 3.05) is 13.1 Å². The second-order valence-corrected chi connectivity index (χ2v) is 8.59. The van der Waals surface area contributed by atoms with Gasteiger partial charge in [0, 0.05) is 30.8 Å². The summed E-state index contributed by atoms with van der Waals surface area (Å²) in [6.45, 7) is 6.11. The third kappa shape index (κ3) is 2.61. The van der Waals surface area contributed by atoms with Crippen molar-refractivity contribution in [2.24, 2.45) is 5.92 Å². The van der Waals surface area contributed by atoms with Crippen LogP contribution in [0.25, 0.3) is 0 Å². The van der Waals surface area contributed by atoms with Crippen LogP contribution in [0.1, 0.15) is 56.6 Å². The third-order valence-electron chi connectivity index (χ3n) is 7.10. The molecule has 2 saturated carbocycles. The van der Waals surface area contributed by atoms with Gasteiger partial charge in [-0.3, -0.25) is 9.69 Å². The summed E-state index contributed by atoms with van der Waals surface area (Å²) in [5.74, 6) is 1.23. The van der Waals surface area contributed by atoms with Crippen molar-refractivity contribution in [1.82, 2.24) is 4.90 Å². The van der Waals surface area contributed by atoms with E-state index in [2.05, 4.69) is 11.8 Å². The number of aromatic hydroxyl groups is 1. The number of piperidine rings is 1. The Balaban J connectivity index is 1.79. The number of benzene rings is 1. The van der Waals surface area contributed by atoms with E-state index in [-0.39, 0.29) is 17.6 Å². The van der Waals surface area contributed by atoms with Gasteiger partial charge in [-0.1, -0.05) is 6.07 Å². The molecule has 4 heteroatoms. The summed E-state index contributed by atoms with van der Waals surface area (Å²) in [5, 5.41) is 22.0. The molecule has 0 bridgehead atoms. The molecule has 1 aliphatic heterocycles. The first-order chi connectivity index (χ1) is 11.9. The minimum Gasteiger partial charge on any atom is -0.508 e. The molecule has 3 fully saturated rings. The van der Waals surface area contributed by atoms with E-state index in [4.69, 9.17) is 0 Å². The van der Waals surface area contributed by atoms with Crippen LogP contribution in [-0.4, -0.2) is 45.6 Å². The monoisotopic (exact) mass is 343 g/mol. The second kappa shape index (κ2) is 5.82. The van der Waals surface area contributed by atoms with Crippen LogP contribution in [0.2, 0.25) is 0 Å². The summed E-state index contributed by atoms with van der Waals surface area (Å²) in [4.78, 5) is 14.9. The molecule has 0 spiro atoms. The average molecular weight is 343 g/mol. The maximum absolute atomic E-state index is 12.4. The summed E-state index contributed by atoms with van der Waals surface area (Å²) in [6, 6.07) is 5.39. The maximum atomic E-state index is 12.4. The lowest BCUT2D eigenvalue weighted by atomic mass is 9.53. The molecule has 0 radical (unpaired) electrons. The van der Waals surface area contributed by atoms with Crippen LogP contribution in [-0.2, 0) is 10.2 Å². The SMILES string of the molecule is Cc1ccc(O)cc1[C@]12CCN(CC3CC3)C(C)C1(O)CCC(=O)C2. The Morgan fingerprint density at radius 2 is 2.04 bits per heavy atom. The predicted octanol–water partition coefficient (Wildman–Crippen LogP) is 2.93.